The number of phenolic OH excluding ortho intramolecular Hbond substituents is 1. The van der Waals surface area contributed by atoms with Gasteiger partial charge in [-0.1, -0.05) is 30.3 Å². The second-order valence-corrected chi connectivity index (χ2v) is 5.08. The zero-order valence-corrected chi connectivity index (χ0v) is 12.3. The van der Waals surface area contributed by atoms with Gasteiger partial charge >= 0.3 is 0 Å². The fourth-order valence-electron chi connectivity index (χ4n) is 2.54. The van der Waals surface area contributed by atoms with Gasteiger partial charge in [0.15, 0.2) is 0 Å². The lowest BCUT2D eigenvalue weighted by Crippen LogP contribution is -1.90. The van der Waals surface area contributed by atoms with E-state index in [4.69, 9.17) is 5.26 Å². The number of nitrogens with one attached hydrogen (secondary N) is 1. The number of phenols is 1. The first kappa shape index (κ1) is 14.4. The fourth-order valence-corrected chi connectivity index (χ4v) is 2.54. The number of benzene rings is 2. The number of aromatic hydroxyl groups is 1. The molecule has 0 aliphatic carbocycles. The number of nitrogens with zero attached hydrogens (tertiary/aromatic N) is 3. The highest BCUT2D eigenvalue weighted by atomic mass is 16.3. The third-order valence-corrected chi connectivity index (χ3v) is 3.64. The van der Waals surface area contributed by atoms with Crippen molar-refractivity contribution in [2.75, 3.05) is 0 Å². The summed E-state index contributed by atoms with van der Waals surface area (Å²) in [5, 5.41) is 35.8. The van der Waals surface area contributed by atoms with Crippen molar-refractivity contribution in [1.82, 2.24) is 10.2 Å². The Kier molecular flexibility index (Phi) is 3.54. The van der Waals surface area contributed by atoms with Gasteiger partial charge in [-0.25, -0.2) is 0 Å². The number of rotatable bonds is 2. The molecule has 0 spiro atoms. The first-order valence-electron chi connectivity index (χ1n) is 6.93. The van der Waals surface area contributed by atoms with E-state index in [1.165, 1.54) is 12.1 Å². The predicted octanol–water partition coefficient (Wildman–Crippen LogP) is 3.50. The van der Waals surface area contributed by atoms with E-state index >= 15 is 0 Å². The number of aryl methyl sites for hydroxylation is 1. The topological polar surface area (TPSA) is 96.5 Å². The van der Waals surface area contributed by atoms with E-state index < -0.39 is 0 Å². The van der Waals surface area contributed by atoms with Crippen LogP contribution in [0.2, 0.25) is 0 Å². The van der Waals surface area contributed by atoms with Crippen LogP contribution in [0.5, 0.6) is 5.75 Å². The average molecular weight is 300 g/mol. The van der Waals surface area contributed by atoms with Gasteiger partial charge in [0.05, 0.1) is 11.1 Å². The Bertz CT molecular complexity index is 959. The van der Waals surface area contributed by atoms with Crippen molar-refractivity contribution < 1.29 is 5.11 Å². The van der Waals surface area contributed by atoms with Crippen LogP contribution >= 0.6 is 0 Å². The zero-order chi connectivity index (χ0) is 16.4. The van der Waals surface area contributed by atoms with Crippen LogP contribution in [0.4, 0.5) is 0 Å². The smallest absolute Gasteiger partial charge is 0.124 e. The number of nitriles is 2. The van der Waals surface area contributed by atoms with Crippen molar-refractivity contribution in [3.8, 4) is 40.3 Å². The molecule has 23 heavy (non-hydrogen) atoms. The molecule has 0 unspecified atom stereocenters. The number of hydrogen-bond acceptors (Lipinski definition) is 4. The molecule has 3 rings (SSSR count). The minimum Gasteiger partial charge on any atom is -0.507 e. The molecule has 0 fully saturated rings. The largest absolute Gasteiger partial charge is 0.507 e. The van der Waals surface area contributed by atoms with Crippen molar-refractivity contribution in [3.63, 3.8) is 0 Å². The van der Waals surface area contributed by atoms with Crippen LogP contribution in [0.15, 0.2) is 42.5 Å². The molecule has 3 aromatic rings. The summed E-state index contributed by atoms with van der Waals surface area (Å²) in [6.07, 6.45) is 0. The van der Waals surface area contributed by atoms with Crippen LogP contribution < -0.4 is 0 Å². The average Bonchev–Trinajstić information content (AvgIpc) is 2.97. The van der Waals surface area contributed by atoms with Gasteiger partial charge < -0.3 is 5.11 Å². The van der Waals surface area contributed by atoms with Gasteiger partial charge in [-0.2, -0.15) is 15.6 Å². The van der Waals surface area contributed by atoms with Gasteiger partial charge in [-0.3, -0.25) is 5.10 Å². The van der Waals surface area contributed by atoms with E-state index in [0.29, 0.717) is 11.3 Å². The highest BCUT2D eigenvalue weighted by molar-refractivity contribution is 5.86. The Labute approximate surface area is 133 Å². The third kappa shape index (κ3) is 2.41. The minimum atomic E-state index is -0.0535. The van der Waals surface area contributed by atoms with E-state index in [-0.39, 0.29) is 16.9 Å². The molecule has 0 saturated heterocycles. The third-order valence-electron chi connectivity index (χ3n) is 3.64. The monoisotopic (exact) mass is 300 g/mol. The maximum atomic E-state index is 10.3. The molecule has 2 aromatic carbocycles. The summed E-state index contributed by atoms with van der Waals surface area (Å²) in [7, 11) is 0. The molecule has 1 aromatic heterocycles. The molecular weight excluding hydrogens is 288 g/mol. The lowest BCUT2D eigenvalue weighted by molar-refractivity contribution is 0.477. The fraction of sp³-hybridized carbons (Fsp3) is 0.0556. The number of aromatic nitrogens is 2. The van der Waals surface area contributed by atoms with E-state index in [2.05, 4.69) is 10.2 Å². The summed E-state index contributed by atoms with van der Waals surface area (Å²) in [5.41, 5.74) is 3.92. The Morgan fingerprint density at radius 3 is 2.35 bits per heavy atom. The SMILES string of the molecule is Cc1[nH]nc(-c2ccccc2)c1-c1cc(C#N)c(C#N)cc1O. The summed E-state index contributed by atoms with van der Waals surface area (Å²) in [6.45, 7) is 1.85. The Morgan fingerprint density at radius 1 is 1.04 bits per heavy atom. The molecule has 2 N–H and O–H groups in total. The van der Waals surface area contributed by atoms with Gasteiger partial charge in [0, 0.05) is 22.4 Å². The van der Waals surface area contributed by atoms with E-state index in [1.54, 1.807) is 0 Å². The highest BCUT2D eigenvalue weighted by Gasteiger charge is 2.19. The lowest BCUT2D eigenvalue weighted by Gasteiger charge is -2.08. The van der Waals surface area contributed by atoms with Crippen molar-refractivity contribution in [1.29, 1.82) is 10.5 Å². The Hall–Kier alpha value is -3.57. The summed E-state index contributed by atoms with van der Waals surface area (Å²) in [6, 6.07) is 16.3. The molecular formula is C18H12N4O. The van der Waals surface area contributed by atoms with Crippen molar-refractivity contribution in [3.05, 3.63) is 59.3 Å². The molecule has 110 valence electrons. The van der Waals surface area contributed by atoms with Crippen LogP contribution in [0, 0.1) is 29.6 Å². The Balaban J connectivity index is 2.27. The molecule has 5 nitrogen and oxygen atoms in total. The molecule has 0 bridgehead atoms. The van der Waals surface area contributed by atoms with Gasteiger partial charge in [0.2, 0.25) is 0 Å². The first-order chi connectivity index (χ1) is 11.2. The van der Waals surface area contributed by atoms with E-state index in [1.807, 2.05) is 49.4 Å². The van der Waals surface area contributed by atoms with Gasteiger partial charge in [0.1, 0.15) is 23.6 Å². The second kappa shape index (κ2) is 5.67. The summed E-state index contributed by atoms with van der Waals surface area (Å²) in [5.74, 6) is -0.0535. The summed E-state index contributed by atoms with van der Waals surface area (Å²) >= 11 is 0. The summed E-state index contributed by atoms with van der Waals surface area (Å²) in [4.78, 5) is 0. The number of hydrogen-bond donors (Lipinski definition) is 2. The molecule has 1 heterocycles. The van der Waals surface area contributed by atoms with Crippen LogP contribution in [-0.2, 0) is 0 Å². The van der Waals surface area contributed by atoms with Crippen LogP contribution in [0.3, 0.4) is 0 Å². The van der Waals surface area contributed by atoms with Gasteiger partial charge in [0.25, 0.3) is 0 Å². The van der Waals surface area contributed by atoms with Crippen molar-refractivity contribution >= 4 is 0 Å². The van der Waals surface area contributed by atoms with E-state index in [9.17, 15) is 10.4 Å². The van der Waals surface area contributed by atoms with Gasteiger partial charge in [-0.15, -0.1) is 0 Å². The molecule has 0 aliphatic heterocycles. The van der Waals surface area contributed by atoms with Crippen LogP contribution in [0.1, 0.15) is 16.8 Å². The summed E-state index contributed by atoms with van der Waals surface area (Å²) < 4.78 is 0. The molecule has 0 radical (unpaired) electrons. The number of aromatic amines is 1. The normalized spacial score (nSPS) is 10.0. The zero-order valence-electron chi connectivity index (χ0n) is 12.3. The van der Waals surface area contributed by atoms with Crippen molar-refractivity contribution in [2.24, 2.45) is 0 Å². The maximum Gasteiger partial charge on any atom is 0.124 e. The van der Waals surface area contributed by atoms with Crippen molar-refractivity contribution in [2.45, 2.75) is 6.92 Å². The van der Waals surface area contributed by atoms with Crippen LogP contribution in [0.25, 0.3) is 22.4 Å². The quantitative estimate of drug-likeness (QED) is 0.757. The molecule has 0 atom stereocenters. The standard InChI is InChI=1S/C18H12N4O/c1-11-17(18(22-21-11)12-5-3-2-4-6-12)15-7-13(9-19)14(10-20)8-16(15)23/h2-8,23H,1H3,(H,21,22). The molecule has 5 heteroatoms. The highest BCUT2D eigenvalue weighted by Crippen LogP contribution is 2.39. The first-order valence-corrected chi connectivity index (χ1v) is 6.93. The minimum absolute atomic E-state index is 0.0535. The molecule has 0 amide bonds. The molecule has 0 aliphatic rings. The van der Waals surface area contributed by atoms with E-state index in [0.717, 1.165) is 16.8 Å². The lowest BCUT2D eigenvalue weighted by atomic mass is 9.95. The molecule has 0 saturated carbocycles. The van der Waals surface area contributed by atoms with Crippen LogP contribution in [-0.4, -0.2) is 15.3 Å². The maximum absolute atomic E-state index is 10.3. The number of H-pyrrole nitrogens is 1. The Morgan fingerprint density at radius 2 is 1.70 bits per heavy atom. The van der Waals surface area contributed by atoms with Gasteiger partial charge in [-0.05, 0) is 19.1 Å². The predicted molar refractivity (Wildman–Crippen MR) is 85.3 cm³/mol. The second-order valence-electron chi connectivity index (χ2n) is 5.08.